The third kappa shape index (κ3) is 3.17. The number of halogens is 1. The molecule has 1 saturated heterocycles. The van der Waals surface area contributed by atoms with E-state index >= 15 is 0 Å². The fraction of sp³-hybridized carbons (Fsp3) is 0.278. The van der Waals surface area contributed by atoms with Gasteiger partial charge in [-0.2, -0.15) is 0 Å². The molecule has 1 amide bonds. The molecule has 1 fully saturated rings. The maximum atomic E-state index is 12.8. The van der Waals surface area contributed by atoms with Gasteiger partial charge in [0.25, 0.3) is 5.91 Å². The molecule has 0 saturated carbocycles. The summed E-state index contributed by atoms with van der Waals surface area (Å²) in [4.78, 5) is 26.1. The number of hydrogen-bond donors (Lipinski definition) is 2. The lowest BCUT2D eigenvalue weighted by Gasteiger charge is -2.31. The molecule has 128 valence electrons. The van der Waals surface area contributed by atoms with E-state index < -0.39 is 0 Å². The number of H-pyrrole nitrogens is 1. The lowest BCUT2D eigenvalue weighted by atomic mass is 9.93. The summed E-state index contributed by atoms with van der Waals surface area (Å²) in [6, 6.07) is 9.32. The quantitative estimate of drug-likeness (QED) is 0.738. The molecule has 0 aliphatic carbocycles. The summed E-state index contributed by atoms with van der Waals surface area (Å²) in [5, 5.41) is 1.61. The van der Waals surface area contributed by atoms with E-state index in [1.54, 1.807) is 6.20 Å². The summed E-state index contributed by atoms with van der Waals surface area (Å²) >= 11 is 6.01. The van der Waals surface area contributed by atoms with Crippen molar-refractivity contribution >= 4 is 34.4 Å². The fourth-order valence-corrected chi connectivity index (χ4v) is 3.56. The molecule has 0 bridgehead atoms. The summed E-state index contributed by atoms with van der Waals surface area (Å²) in [5.41, 5.74) is 8.14. The Bertz CT molecular complexity index is 930. The molecule has 3 aromatic rings. The zero-order valence-electron chi connectivity index (χ0n) is 13.6. The fourth-order valence-electron chi connectivity index (χ4n) is 3.38. The average Bonchev–Trinajstić information content (AvgIpc) is 3.04. The van der Waals surface area contributed by atoms with Gasteiger partial charge in [0.15, 0.2) is 0 Å². The monoisotopic (exact) mass is 355 g/mol. The molecule has 1 aromatic carbocycles. The highest BCUT2D eigenvalue weighted by atomic mass is 35.5. The molecule has 0 atom stereocenters. The minimum absolute atomic E-state index is 0.0213. The van der Waals surface area contributed by atoms with E-state index in [4.69, 9.17) is 17.3 Å². The molecule has 0 spiro atoms. The van der Waals surface area contributed by atoms with E-state index in [0.717, 1.165) is 29.4 Å². The maximum Gasteiger partial charge on any atom is 0.270 e. The van der Waals surface area contributed by atoms with Crippen molar-refractivity contribution in [1.29, 1.82) is 0 Å². The van der Waals surface area contributed by atoms with Gasteiger partial charge in [0.05, 0.1) is 0 Å². The first kappa shape index (κ1) is 15.9. The van der Waals surface area contributed by atoms with E-state index in [0.29, 0.717) is 35.7 Å². The Balaban J connectivity index is 1.47. The smallest absolute Gasteiger partial charge is 0.270 e. The maximum absolute atomic E-state index is 12.8. The van der Waals surface area contributed by atoms with Crippen LogP contribution in [0.15, 0.2) is 36.5 Å². The largest absolute Gasteiger partial charge is 0.368 e. The lowest BCUT2D eigenvalue weighted by Crippen LogP contribution is -2.38. The number of benzene rings is 1. The molecule has 25 heavy (non-hydrogen) atoms. The Labute approximate surface area is 150 Å². The predicted molar refractivity (Wildman–Crippen MR) is 97.6 cm³/mol. The van der Waals surface area contributed by atoms with Gasteiger partial charge in [0.1, 0.15) is 5.69 Å². The number of carbonyl (C=O) groups excluding carboxylic acids is 1. The van der Waals surface area contributed by atoms with E-state index in [2.05, 4.69) is 15.0 Å². The third-order valence-electron chi connectivity index (χ3n) is 4.71. The molecule has 4 rings (SSSR count). The second-order valence-corrected chi connectivity index (χ2v) is 6.76. The molecule has 3 heterocycles. The molecule has 7 heteroatoms. The Morgan fingerprint density at radius 2 is 2.04 bits per heavy atom. The van der Waals surface area contributed by atoms with Crippen LogP contribution < -0.4 is 5.73 Å². The highest BCUT2D eigenvalue weighted by molar-refractivity contribution is 6.31. The molecule has 0 radical (unpaired) electrons. The van der Waals surface area contributed by atoms with E-state index in [1.807, 2.05) is 35.2 Å². The van der Waals surface area contributed by atoms with Gasteiger partial charge in [0, 0.05) is 46.8 Å². The van der Waals surface area contributed by atoms with Crippen LogP contribution in [0.3, 0.4) is 0 Å². The van der Waals surface area contributed by atoms with Crippen LogP contribution in [0.5, 0.6) is 0 Å². The topological polar surface area (TPSA) is 87.9 Å². The van der Waals surface area contributed by atoms with E-state index in [9.17, 15) is 4.79 Å². The van der Waals surface area contributed by atoms with Gasteiger partial charge < -0.3 is 15.6 Å². The number of amides is 1. The number of piperidine rings is 1. The van der Waals surface area contributed by atoms with Crippen molar-refractivity contribution < 1.29 is 4.79 Å². The number of nitrogens with zero attached hydrogens (tertiary/aromatic N) is 3. The van der Waals surface area contributed by atoms with Gasteiger partial charge in [-0.05, 0) is 43.2 Å². The van der Waals surface area contributed by atoms with Crippen molar-refractivity contribution in [3.05, 3.63) is 52.9 Å². The van der Waals surface area contributed by atoms with Crippen LogP contribution in [0, 0.1) is 0 Å². The van der Waals surface area contributed by atoms with Crippen molar-refractivity contribution in [2.75, 3.05) is 18.8 Å². The van der Waals surface area contributed by atoms with Crippen LogP contribution in [0.1, 0.15) is 34.9 Å². The molecule has 0 unspecified atom stereocenters. The van der Waals surface area contributed by atoms with Crippen molar-refractivity contribution in [1.82, 2.24) is 19.9 Å². The van der Waals surface area contributed by atoms with Crippen LogP contribution in [0.2, 0.25) is 5.02 Å². The van der Waals surface area contributed by atoms with Crippen LogP contribution in [-0.2, 0) is 0 Å². The van der Waals surface area contributed by atoms with Gasteiger partial charge in [-0.3, -0.25) is 4.79 Å². The van der Waals surface area contributed by atoms with Crippen LogP contribution in [-0.4, -0.2) is 38.8 Å². The van der Waals surface area contributed by atoms with E-state index in [1.165, 1.54) is 0 Å². The molecule has 1 aliphatic heterocycles. The highest BCUT2D eigenvalue weighted by Gasteiger charge is 2.26. The number of nitrogens with two attached hydrogens (primary N) is 1. The lowest BCUT2D eigenvalue weighted by molar-refractivity contribution is 0.0707. The number of rotatable bonds is 2. The van der Waals surface area contributed by atoms with Crippen molar-refractivity contribution in [2.24, 2.45) is 0 Å². The molecule has 2 aromatic heterocycles. The SMILES string of the molecule is Nc1nccc(C2CCN(C(=O)c3cc4cc(Cl)ccc4[nH]3)CC2)n1. The van der Waals surface area contributed by atoms with Crippen LogP contribution >= 0.6 is 11.6 Å². The number of nitrogens with one attached hydrogen (secondary N) is 1. The molecule has 6 nitrogen and oxygen atoms in total. The van der Waals surface area contributed by atoms with Gasteiger partial charge in [-0.1, -0.05) is 11.6 Å². The number of aromatic nitrogens is 3. The van der Waals surface area contributed by atoms with Crippen LogP contribution in [0.4, 0.5) is 5.95 Å². The summed E-state index contributed by atoms with van der Waals surface area (Å²) in [6.45, 7) is 1.40. The standard InChI is InChI=1S/C18H18ClN5O/c19-13-1-2-14-12(9-13)10-16(22-14)17(25)24-7-4-11(5-8-24)15-3-6-21-18(20)23-15/h1-3,6,9-11,22H,4-5,7-8H2,(H2,20,21,23). The van der Waals surface area contributed by atoms with Gasteiger partial charge in [0.2, 0.25) is 5.95 Å². The molecular formula is C18H18ClN5O. The minimum atomic E-state index is 0.0213. The zero-order chi connectivity index (χ0) is 17.4. The Morgan fingerprint density at radius 1 is 1.24 bits per heavy atom. The first-order valence-corrected chi connectivity index (χ1v) is 8.64. The van der Waals surface area contributed by atoms with Crippen molar-refractivity contribution in [3.63, 3.8) is 0 Å². The summed E-state index contributed by atoms with van der Waals surface area (Å²) in [5.74, 6) is 0.636. The number of nitrogen functional groups attached to an aromatic ring is 1. The molecule has 3 N–H and O–H groups in total. The number of hydrogen-bond acceptors (Lipinski definition) is 4. The summed E-state index contributed by atoms with van der Waals surface area (Å²) in [7, 11) is 0. The van der Waals surface area contributed by atoms with Crippen molar-refractivity contribution in [3.8, 4) is 0 Å². The summed E-state index contributed by atoms with van der Waals surface area (Å²) < 4.78 is 0. The number of likely N-dealkylation sites (tertiary alicyclic amines) is 1. The first-order chi connectivity index (χ1) is 12.1. The van der Waals surface area contributed by atoms with Gasteiger partial charge >= 0.3 is 0 Å². The third-order valence-corrected chi connectivity index (χ3v) is 4.94. The predicted octanol–water partition coefficient (Wildman–Crippen LogP) is 3.21. The second kappa shape index (κ2) is 6.37. The second-order valence-electron chi connectivity index (χ2n) is 6.32. The zero-order valence-corrected chi connectivity index (χ0v) is 14.3. The van der Waals surface area contributed by atoms with E-state index in [-0.39, 0.29) is 5.91 Å². The highest BCUT2D eigenvalue weighted by Crippen LogP contribution is 2.28. The summed E-state index contributed by atoms with van der Waals surface area (Å²) in [6.07, 6.45) is 3.42. The number of anilines is 1. The Hall–Kier alpha value is -2.60. The normalized spacial score (nSPS) is 15.6. The number of aromatic amines is 1. The average molecular weight is 356 g/mol. The van der Waals surface area contributed by atoms with Gasteiger partial charge in [-0.25, -0.2) is 9.97 Å². The van der Waals surface area contributed by atoms with Crippen molar-refractivity contribution in [2.45, 2.75) is 18.8 Å². The Kier molecular flexibility index (Phi) is 4.05. The van der Waals surface area contributed by atoms with Gasteiger partial charge in [-0.15, -0.1) is 0 Å². The number of carbonyl (C=O) groups is 1. The number of fused-ring (bicyclic) bond motifs is 1. The Morgan fingerprint density at radius 3 is 2.80 bits per heavy atom. The molecule has 1 aliphatic rings. The van der Waals surface area contributed by atoms with Crippen LogP contribution in [0.25, 0.3) is 10.9 Å². The first-order valence-electron chi connectivity index (χ1n) is 8.26. The molecular weight excluding hydrogens is 338 g/mol. The minimum Gasteiger partial charge on any atom is -0.368 e.